The van der Waals surface area contributed by atoms with Crippen LogP contribution in [-0.2, 0) is 0 Å². The van der Waals surface area contributed by atoms with E-state index in [1.807, 2.05) is 12.1 Å². The normalized spacial score (nSPS) is 23.8. The molecule has 18 heavy (non-hydrogen) atoms. The van der Waals surface area contributed by atoms with E-state index in [2.05, 4.69) is 30.9 Å². The van der Waals surface area contributed by atoms with Crippen LogP contribution in [0.5, 0.6) is 0 Å². The molecule has 0 radical (unpaired) electrons. The lowest BCUT2D eigenvalue weighted by molar-refractivity contribution is 0.366. The van der Waals surface area contributed by atoms with Gasteiger partial charge in [0.25, 0.3) is 0 Å². The molecule has 1 aromatic carbocycles. The molecule has 0 aliphatic carbocycles. The van der Waals surface area contributed by atoms with Gasteiger partial charge in [-0.05, 0) is 43.4 Å². The van der Waals surface area contributed by atoms with E-state index in [0.717, 1.165) is 30.1 Å². The molecule has 1 aliphatic rings. The van der Waals surface area contributed by atoms with Gasteiger partial charge in [0.2, 0.25) is 0 Å². The first-order chi connectivity index (χ1) is 8.65. The van der Waals surface area contributed by atoms with Crippen LogP contribution < -0.4 is 10.6 Å². The molecule has 1 heterocycles. The number of hydrogen-bond donors (Lipinski definition) is 1. The summed E-state index contributed by atoms with van der Waals surface area (Å²) in [6, 6.07) is 8.67. The fourth-order valence-electron chi connectivity index (χ4n) is 2.77. The Morgan fingerprint density at radius 3 is 2.94 bits per heavy atom. The number of anilines is 1. The average molecular weight is 243 g/mol. The lowest BCUT2D eigenvalue weighted by Crippen LogP contribution is -2.46. The second-order valence-electron chi connectivity index (χ2n) is 5.34. The van der Waals surface area contributed by atoms with Crippen molar-refractivity contribution in [2.24, 2.45) is 11.7 Å². The minimum atomic E-state index is 0.364. The smallest absolute Gasteiger partial charge is 0.101 e. The minimum Gasteiger partial charge on any atom is -0.366 e. The molecule has 2 N–H and O–H groups in total. The van der Waals surface area contributed by atoms with Gasteiger partial charge in [0.15, 0.2) is 0 Å². The third-order valence-corrected chi connectivity index (χ3v) is 3.83. The van der Waals surface area contributed by atoms with Gasteiger partial charge in [0.1, 0.15) is 6.07 Å². The fourth-order valence-corrected chi connectivity index (χ4v) is 2.77. The third-order valence-electron chi connectivity index (χ3n) is 3.83. The van der Waals surface area contributed by atoms with Crippen LogP contribution in [0, 0.1) is 24.2 Å². The number of rotatable bonds is 2. The fraction of sp³-hybridized carbons (Fsp3) is 0.533. The highest BCUT2D eigenvalue weighted by atomic mass is 15.2. The summed E-state index contributed by atoms with van der Waals surface area (Å²) in [4.78, 5) is 2.32. The second kappa shape index (κ2) is 5.41. The van der Waals surface area contributed by atoms with Gasteiger partial charge in [-0.1, -0.05) is 13.0 Å². The van der Waals surface area contributed by atoms with Gasteiger partial charge < -0.3 is 10.6 Å². The largest absolute Gasteiger partial charge is 0.366 e. The third kappa shape index (κ3) is 2.49. The van der Waals surface area contributed by atoms with Crippen molar-refractivity contribution in [2.75, 3.05) is 18.0 Å². The zero-order valence-electron chi connectivity index (χ0n) is 11.2. The van der Waals surface area contributed by atoms with E-state index in [9.17, 15) is 5.26 Å². The maximum absolute atomic E-state index is 9.24. The van der Waals surface area contributed by atoms with E-state index in [0.29, 0.717) is 12.6 Å². The first-order valence-corrected chi connectivity index (χ1v) is 6.63. The van der Waals surface area contributed by atoms with Gasteiger partial charge >= 0.3 is 0 Å². The van der Waals surface area contributed by atoms with Gasteiger partial charge in [0.05, 0.1) is 11.3 Å². The molecular formula is C15H21N3. The second-order valence-corrected chi connectivity index (χ2v) is 5.34. The Bertz CT molecular complexity index is 461. The molecule has 3 heteroatoms. The van der Waals surface area contributed by atoms with Crippen LogP contribution in [0.15, 0.2) is 18.2 Å². The predicted molar refractivity (Wildman–Crippen MR) is 74.5 cm³/mol. The SMILES string of the molecule is Cc1ccc(C#N)c(N2CCC(C)CC2CN)c1. The van der Waals surface area contributed by atoms with Crippen molar-refractivity contribution < 1.29 is 0 Å². The monoisotopic (exact) mass is 243 g/mol. The Labute approximate surface area is 109 Å². The molecule has 2 atom stereocenters. The Hall–Kier alpha value is -1.53. The molecule has 0 spiro atoms. The molecule has 0 amide bonds. The van der Waals surface area contributed by atoms with Crippen LogP contribution >= 0.6 is 0 Å². The Morgan fingerprint density at radius 2 is 2.28 bits per heavy atom. The van der Waals surface area contributed by atoms with Crippen LogP contribution in [-0.4, -0.2) is 19.1 Å². The highest BCUT2D eigenvalue weighted by Gasteiger charge is 2.26. The average Bonchev–Trinajstić information content (AvgIpc) is 2.38. The van der Waals surface area contributed by atoms with Gasteiger partial charge in [0, 0.05) is 19.1 Å². The summed E-state index contributed by atoms with van der Waals surface area (Å²) in [7, 11) is 0. The lowest BCUT2D eigenvalue weighted by atomic mass is 9.91. The Morgan fingerprint density at radius 1 is 1.50 bits per heavy atom. The molecule has 1 fully saturated rings. The summed E-state index contributed by atoms with van der Waals surface area (Å²) in [6.07, 6.45) is 2.30. The number of piperidine rings is 1. The summed E-state index contributed by atoms with van der Waals surface area (Å²) >= 11 is 0. The Kier molecular flexibility index (Phi) is 3.88. The van der Waals surface area contributed by atoms with E-state index in [1.165, 1.54) is 12.0 Å². The van der Waals surface area contributed by atoms with Gasteiger partial charge in [-0.25, -0.2) is 0 Å². The molecule has 0 saturated carbocycles. The molecule has 0 bridgehead atoms. The molecular weight excluding hydrogens is 222 g/mol. The highest BCUT2D eigenvalue weighted by Crippen LogP contribution is 2.30. The van der Waals surface area contributed by atoms with E-state index in [-0.39, 0.29) is 0 Å². The van der Waals surface area contributed by atoms with E-state index in [4.69, 9.17) is 5.73 Å². The summed E-state index contributed by atoms with van der Waals surface area (Å²) in [5.41, 5.74) is 8.90. The lowest BCUT2D eigenvalue weighted by Gasteiger charge is -2.40. The zero-order valence-corrected chi connectivity index (χ0v) is 11.2. The molecule has 2 rings (SSSR count). The highest BCUT2D eigenvalue weighted by molar-refractivity contribution is 5.61. The predicted octanol–water partition coefficient (Wildman–Crippen LogP) is 2.43. The maximum atomic E-state index is 9.24. The first-order valence-electron chi connectivity index (χ1n) is 6.63. The van der Waals surface area contributed by atoms with Gasteiger partial charge in [-0.3, -0.25) is 0 Å². The summed E-state index contributed by atoms with van der Waals surface area (Å²) in [5.74, 6) is 0.727. The molecule has 1 aliphatic heterocycles. The van der Waals surface area contributed by atoms with Crippen LogP contribution in [0.25, 0.3) is 0 Å². The van der Waals surface area contributed by atoms with Crippen LogP contribution in [0.2, 0.25) is 0 Å². The minimum absolute atomic E-state index is 0.364. The molecule has 96 valence electrons. The standard InChI is InChI=1S/C15H21N3/c1-11-3-4-13(9-16)15(8-11)18-6-5-12(2)7-14(18)10-17/h3-4,8,12,14H,5-7,10,17H2,1-2H3. The first kappa shape index (κ1) is 12.9. The van der Waals surface area contributed by atoms with Gasteiger partial charge in [-0.15, -0.1) is 0 Å². The van der Waals surface area contributed by atoms with Crippen molar-refractivity contribution in [3.8, 4) is 6.07 Å². The van der Waals surface area contributed by atoms with Crippen LogP contribution in [0.1, 0.15) is 30.9 Å². The van der Waals surface area contributed by atoms with Crippen molar-refractivity contribution in [2.45, 2.75) is 32.7 Å². The van der Waals surface area contributed by atoms with Crippen LogP contribution in [0.4, 0.5) is 5.69 Å². The van der Waals surface area contributed by atoms with Crippen molar-refractivity contribution in [3.05, 3.63) is 29.3 Å². The Balaban J connectivity index is 2.35. The maximum Gasteiger partial charge on any atom is 0.101 e. The van der Waals surface area contributed by atoms with Crippen molar-refractivity contribution in [1.82, 2.24) is 0 Å². The number of nitrogens with two attached hydrogens (primary N) is 1. The number of aryl methyl sites for hydroxylation is 1. The number of hydrogen-bond acceptors (Lipinski definition) is 3. The molecule has 1 aromatic rings. The van der Waals surface area contributed by atoms with E-state index in [1.54, 1.807) is 0 Å². The number of nitrogens with zero attached hydrogens (tertiary/aromatic N) is 2. The number of nitriles is 1. The van der Waals surface area contributed by atoms with Gasteiger partial charge in [-0.2, -0.15) is 5.26 Å². The molecule has 3 nitrogen and oxygen atoms in total. The summed E-state index contributed by atoms with van der Waals surface area (Å²) in [5, 5.41) is 9.24. The molecule has 2 unspecified atom stereocenters. The summed E-state index contributed by atoms with van der Waals surface area (Å²) < 4.78 is 0. The zero-order chi connectivity index (χ0) is 13.1. The van der Waals surface area contributed by atoms with E-state index < -0.39 is 0 Å². The van der Waals surface area contributed by atoms with Crippen molar-refractivity contribution in [3.63, 3.8) is 0 Å². The van der Waals surface area contributed by atoms with E-state index >= 15 is 0 Å². The topological polar surface area (TPSA) is 53.0 Å². The molecule has 0 aromatic heterocycles. The van der Waals surface area contributed by atoms with Crippen molar-refractivity contribution in [1.29, 1.82) is 5.26 Å². The number of benzene rings is 1. The van der Waals surface area contributed by atoms with Crippen LogP contribution in [0.3, 0.4) is 0 Å². The quantitative estimate of drug-likeness (QED) is 0.868. The van der Waals surface area contributed by atoms with Crippen molar-refractivity contribution >= 4 is 5.69 Å². The summed E-state index contributed by atoms with van der Waals surface area (Å²) in [6.45, 7) is 6.00. The molecule has 1 saturated heterocycles.